The van der Waals surface area contributed by atoms with E-state index in [1.165, 1.54) is 4.90 Å². The Bertz CT molecular complexity index is 890. The molecule has 0 aliphatic carbocycles. The number of rotatable bonds is 2. The highest BCUT2D eigenvalue weighted by Gasteiger charge is 2.29. The molecule has 2 aliphatic rings. The Morgan fingerprint density at radius 3 is 2.67 bits per heavy atom. The van der Waals surface area contributed by atoms with E-state index in [0.717, 1.165) is 48.1 Å². The van der Waals surface area contributed by atoms with E-state index in [4.69, 9.17) is 4.98 Å². The van der Waals surface area contributed by atoms with Crippen molar-refractivity contribution in [3.8, 4) is 0 Å². The third kappa shape index (κ3) is 3.47. The molecule has 2 N–H and O–H groups in total. The Balaban J connectivity index is 1.72. The lowest BCUT2D eigenvalue weighted by atomic mass is 9.94. The highest BCUT2D eigenvalue weighted by Crippen LogP contribution is 2.28. The third-order valence-corrected chi connectivity index (χ3v) is 5.60. The number of aromatic nitrogens is 1. The van der Waals surface area contributed by atoms with E-state index in [9.17, 15) is 14.7 Å². The number of nitrogens with zero attached hydrogens (tertiary/aromatic N) is 3. The van der Waals surface area contributed by atoms with Crippen LogP contribution in [0.2, 0.25) is 0 Å². The maximum absolute atomic E-state index is 13.2. The average molecular weight is 368 g/mol. The van der Waals surface area contributed by atoms with Crippen LogP contribution < -0.4 is 5.32 Å². The van der Waals surface area contributed by atoms with Crippen molar-refractivity contribution < 1.29 is 14.7 Å². The maximum Gasteiger partial charge on any atom is 0.407 e. The van der Waals surface area contributed by atoms with Crippen molar-refractivity contribution in [1.82, 2.24) is 20.1 Å². The lowest BCUT2D eigenvalue weighted by molar-refractivity contribution is 0.0913. The molecule has 1 aromatic heterocycles. The number of carbonyl (C=O) groups is 2. The maximum atomic E-state index is 13.2. The molecule has 0 atom stereocenters. The van der Waals surface area contributed by atoms with Gasteiger partial charge in [-0.3, -0.25) is 9.78 Å². The molecule has 4 rings (SSSR count). The van der Waals surface area contributed by atoms with Crippen molar-refractivity contribution in [1.29, 1.82) is 0 Å². The quantitative estimate of drug-likeness (QED) is 0.848. The van der Waals surface area contributed by atoms with E-state index in [-0.39, 0.29) is 18.5 Å². The second-order valence-electron chi connectivity index (χ2n) is 7.43. The minimum Gasteiger partial charge on any atom is -0.465 e. The number of nitrogens with one attached hydrogen (secondary N) is 1. The Morgan fingerprint density at radius 2 is 1.93 bits per heavy atom. The molecule has 0 radical (unpaired) electrons. The Morgan fingerprint density at radius 1 is 1.19 bits per heavy atom. The van der Waals surface area contributed by atoms with Crippen molar-refractivity contribution >= 4 is 22.9 Å². The van der Waals surface area contributed by atoms with Gasteiger partial charge in [0.1, 0.15) is 0 Å². The van der Waals surface area contributed by atoms with Gasteiger partial charge >= 0.3 is 6.09 Å². The highest BCUT2D eigenvalue weighted by atomic mass is 16.4. The molecule has 1 fully saturated rings. The Hall–Kier alpha value is -2.67. The predicted molar refractivity (Wildman–Crippen MR) is 102 cm³/mol. The van der Waals surface area contributed by atoms with Gasteiger partial charge in [0.25, 0.3) is 5.91 Å². The molecule has 0 saturated carbocycles. The van der Waals surface area contributed by atoms with Gasteiger partial charge in [-0.05, 0) is 39.0 Å². The first kappa shape index (κ1) is 17.7. The number of benzene rings is 1. The highest BCUT2D eigenvalue weighted by molar-refractivity contribution is 6.08. The van der Waals surface area contributed by atoms with E-state index < -0.39 is 6.09 Å². The standard InChI is InChI=1S/C20H24N4O3/c1-23-9-6-13(7-10-23)21-19(25)18-14-4-2-3-5-16(14)22-17-8-11-24(20(26)27)12-15(17)18/h2-5,13H,6-12H2,1H3,(H,21,25)(H,26,27). The van der Waals surface area contributed by atoms with Gasteiger partial charge in [-0.15, -0.1) is 0 Å². The van der Waals surface area contributed by atoms with Gasteiger partial charge in [-0.25, -0.2) is 4.79 Å². The van der Waals surface area contributed by atoms with E-state index in [1.54, 1.807) is 0 Å². The Labute approximate surface area is 158 Å². The molecule has 7 nitrogen and oxygen atoms in total. The minimum atomic E-state index is -0.963. The van der Waals surface area contributed by atoms with Crippen molar-refractivity contribution in [3.05, 3.63) is 41.1 Å². The number of hydrogen-bond acceptors (Lipinski definition) is 4. The molecule has 142 valence electrons. The van der Waals surface area contributed by atoms with Crippen LogP contribution in [0.5, 0.6) is 0 Å². The zero-order valence-corrected chi connectivity index (χ0v) is 15.4. The predicted octanol–water partition coefficient (Wildman–Crippen LogP) is 2.09. The van der Waals surface area contributed by atoms with Crippen molar-refractivity contribution in [2.75, 3.05) is 26.7 Å². The van der Waals surface area contributed by atoms with Crippen molar-refractivity contribution in [3.63, 3.8) is 0 Å². The van der Waals surface area contributed by atoms with E-state index in [0.29, 0.717) is 18.5 Å². The van der Waals surface area contributed by atoms with Gasteiger partial charge < -0.3 is 20.2 Å². The molecular formula is C20H24N4O3. The van der Waals surface area contributed by atoms with Gasteiger partial charge in [-0.2, -0.15) is 0 Å². The van der Waals surface area contributed by atoms with Crippen LogP contribution in [-0.4, -0.2) is 64.6 Å². The lowest BCUT2D eigenvalue weighted by Gasteiger charge is -2.31. The summed E-state index contributed by atoms with van der Waals surface area (Å²) in [5, 5.41) is 13.4. The first-order valence-corrected chi connectivity index (χ1v) is 9.40. The monoisotopic (exact) mass is 368 g/mol. The summed E-state index contributed by atoms with van der Waals surface area (Å²) in [5.74, 6) is -0.119. The summed E-state index contributed by atoms with van der Waals surface area (Å²) in [6.07, 6.45) is 1.42. The molecule has 2 aliphatic heterocycles. The number of pyridine rings is 1. The molecule has 0 unspecified atom stereocenters. The number of hydrogen-bond donors (Lipinski definition) is 2. The SMILES string of the molecule is CN1CCC(NC(=O)c2c3c(nc4ccccc24)CCN(C(=O)O)C3)CC1. The summed E-state index contributed by atoms with van der Waals surface area (Å²) >= 11 is 0. The topological polar surface area (TPSA) is 85.8 Å². The molecule has 3 heterocycles. The number of carboxylic acid groups (broad SMARTS) is 1. The molecule has 0 bridgehead atoms. The number of likely N-dealkylation sites (tertiary alicyclic amines) is 1. The molecule has 1 aromatic carbocycles. The summed E-state index contributed by atoms with van der Waals surface area (Å²) in [5.41, 5.74) is 2.95. The molecule has 0 spiro atoms. The fraction of sp³-hybridized carbons (Fsp3) is 0.450. The summed E-state index contributed by atoms with van der Waals surface area (Å²) < 4.78 is 0. The summed E-state index contributed by atoms with van der Waals surface area (Å²) in [6, 6.07) is 7.75. The average Bonchev–Trinajstić information content (AvgIpc) is 2.67. The zero-order valence-electron chi connectivity index (χ0n) is 15.4. The summed E-state index contributed by atoms with van der Waals surface area (Å²) in [4.78, 5) is 33.0. The summed E-state index contributed by atoms with van der Waals surface area (Å²) in [7, 11) is 2.09. The Kier molecular flexibility index (Phi) is 4.70. The van der Waals surface area contributed by atoms with Crippen LogP contribution in [0.25, 0.3) is 10.9 Å². The van der Waals surface area contributed by atoms with Crippen LogP contribution in [0.15, 0.2) is 24.3 Å². The lowest BCUT2D eigenvalue weighted by Crippen LogP contribution is -2.44. The number of fused-ring (bicyclic) bond motifs is 2. The van der Waals surface area contributed by atoms with Gasteiger partial charge in [0, 0.05) is 35.7 Å². The summed E-state index contributed by atoms with van der Waals surface area (Å²) in [6.45, 7) is 2.54. The fourth-order valence-electron chi connectivity index (χ4n) is 4.02. The molecule has 27 heavy (non-hydrogen) atoms. The minimum absolute atomic E-state index is 0.119. The number of piperidine rings is 1. The zero-order chi connectivity index (χ0) is 19.0. The first-order chi connectivity index (χ1) is 13.0. The van der Waals surface area contributed by atoms with E-state index in [2.05, 4.69) is 17.3 Å². The van der Waals surface area contributed by atoms with Gasteiger partial charge in [-0.1, -0.05) is 18.2 Å². The normalized spacial score (nSPS) is 18.3. The van der Waals surface area contributed by atoms with Gasteiger partial charge in [0.2, 0.25) is 0 Å². The van der Waals surface area contributed by atoms with Gasteiger partial charge in [0.05, 0.1) is 17.6 Å². The molecule has 2 amide bonds. The first-order valence-electron chi connectivity index (χ1n) is 9.40. The molecule has 2 aromatic rings. The van der Waals surface area contributed by atoms with Crippen LogP contribution in [0.1, 0.15) is 34.5 Å². The fourth-order valence-corrected chi connectivity index (χ4v) is 4.02. The van der Waals surface area contributed by atoms with Crippen LogP contribution in [-0.2, 0) is 13.0 Å². The van der Waals surface area contributed by atoms with Crippen molar-refractivity contribution in [2.24, 2.45) is 0 Å². The molecular weight excluding hydrogens is 344 g/mol. The van der Waals surface area contributed by atoms with E-state index in [1.807, 2.05) is 24.3 Å². The number of carbonyl (C=O) groups excluding carboxylic acids is 1. The largest absolute Gasteiger partial charge is 0.465 e. The van der Waals surface area contributed by atoms with Crippen LogP contribution in [0.3, 0.4) is 0 Å². The third-order valence-electron chi connectivity index (χ3n) is 5.60. The second kappa shape index (κ2) is 7.15. The van der Waals surface area contributed by atoms with Crippen LogP contribution in [0.4, 0.5) is 4.79 Å². The molecule has 1 saturated heterocycles. The smallest absolute Gasteiger partial charge is 0.407 e. The molecule has 7 heteroatoms. The van der Waals surface area contributed by atoms with E-state index >= 15 is 0 Å². The van der Waals surface area contributed by atoms with Crippen molar-refractivity contribution in [2.45, 2.75) is 31.8 Å². The second-order valence-corrected chi connectivity index (χ2v) is 7.43. The van der Waals surface area contributed by atoms with Gasteiger partial charge in [0.15, 0.2) is 0 Å². The number of amides is 2. The van der Waals surface area contributed by atoms with Crippen LogP contribution in [0, 0.1) is 0 Å². The number of para-hydroxylation sites is 1. The van der Waals surface area contributed by atoms with Crippen LogP contribution >= 0.6 is 0 Å².